The molecule has 0 unspecified atom stereocenters. The number of carbonyl (C=O) groups excluding carboxylic acids is 2. The quantitative estimate of drug-likeness (QED) is 0.393. The van der Waals surface area contributed by atoms with Crippen molar-refractivity contribution in [1.82, 2.24) is 15.7 Å². The van der Waals surface area contributed by atoms with Gasteiger partial charge in [-0.05, 0) is 17.7 Å². The van der Waals surface area contributed by atoms with E-state index in [0.717, 1.165) is 5.56 Å². The van der Waals surface area contributed by atoms with Gasteiger partial charge in [0.05, 0.1) is 11.8 Å². The van der Waals surface area contributed by atoms with Crippen LogP contribution in [-0.4, -0.2) is 34.1 Å². The van der Waals surface area contributed by atoms with Crippen molar-refractivity contribution in [1.29, 1.82) is 0 Å². The molecule has 0 saturated heterocycles. The van der Waals surface area contributed by atoms with Gasteiger partial charge < -0.3 is 10.4 Å². The smallest absolute Gasteiger partial charge is 0.336 e. The molecule has 2 rings (SSSR count). The van der Waals surface area contributed by atoms with E-state index in [1.165, 1.54) is 12.3 Å². The number of hydrazone groups is 1. The van der Waals surface area contributed by atoms with Gasteiger partial charge in [-0.2, -0.15) is 5.10 Å². The van der Waals surface area contributed by atoms with E-state index >= 15 is 0 Å². The number of carboxylic acid groups (broad SMARTS) is 1. The predicted molar refractivity (Wildman–Crippen MR) is 89.8 cm³/mol. The molecule has 1 heterocycles. The average Bonchev–Trinajstić information content (AvgIpc) is 2.61. The fraction of sp³-hybridized carbons (Fsp3) is 0.118. The first-order valence-corrected chi connectivity index (χ1v) is 7.36. The second kappa shape index (κ2) is 8.92. The summed E-state index contributed by atoms with van der Waals surface area (Å²) in [5.74, 6) is -2.15. The van der Waals surface area contributed by atoms with E-state index in [-0.39, 0.29) is 12.1 Å². The Kier molecular flexibility index (Phi) is 6.35. The molecular formula is C17H16N4O4. The Morgan fingerprint density at radius 3 is 2.64 bits per heavy atom. The van der Waals surface area contributed by atoms with Gasteiger partial charge in [0, 0.05) is 24.5 Å². The molecule has 2 amide bonds. The number of hydrogen-bond acceptors (Lipinski definition) is 5. The van der Waals surface area contributed by atoms with Crippen molar-refractivity contribution in [3.63, 3.8) is 0 Å². The molecule has 8 nitrogen and oxygen atoms in total. The van der Waals surface area contributed by atoms with Gasteiger partial charge in [0.1, 0.15) is 6.42 Å². The van der Waals surface area contributed by atoms with Gasteiger partial charge in [0.2, 0.25) is 11.8 Å². The molecule has 8 heteroatoms. The van der Waals surface area contributed by atoms with Gasteiger partial charge in [-0.1, -0.05) is 24.3 Å². The molecule has 25 heavy (non-hydrogen) atoms. The Balaban J connectivity index is 1.80. The van der Waals surface area contributed by atoms with Gasteiger partial charge in [0.15, 0.2) is 0 Å². The van der Waals surface area contributed by atoms with Crippen LogP contribution in [0.3, 0.4) is 0 Å². The topological polar surface area (TPSA) is 121 Å². The van der Waals surface area contributed by atoms with Crippen molar-refractivity contribution < 1.29 is 19.5 Å². The SMILES string of the molecule is O=C(CC(=O)N/N=C/c1ccccc1C(=O)O)NCc1cccnc1. The van der Waals surface area contributed by atoms with Crippen molar-refractivity contribution >= 4 is 24.0 Å². The monoisotopic (exact) mass is 340 g/mol. The van der Waals surface area contributed by atoms with E-state index in [1.54, 1.807) is 42.7 Å². The first-order valence-electron chi connectivity index (χ1n) is 7.36. The Labute approximate surface area is 143 Å². The number of aromatic carboxylic acids is 1. The van der Waals surface area contributed by atoms with Crippen LogP contribution in [0.1, 0.15) is 27.9 Å². The molecule has 128 valence electrons. The summed E-state index contributed by atoms with van der Waals surface area (Å²) in [5, 5.41) is 15.3. The van der Waals surface area contributed by atoms with Crippen LogP contribution in [0.4, 0.5) is 0 Å². The minimum absolute atomic E-state index is 0.0645. The number of aromatic nitrogens is 1. The lowest BCUT2D eigenvalue weighted by molar-refractivity contribution is -0.129. The van der Waals surface area contributed by atoms with Crippen LogP contribution >= 0.6 is 0 Å². The summed E-state index contributed by atoms with van der Waals surface area (Å²) in [6, 6.07) is 9.78. The molecule has 0 aliphatic carbocycles. The zero-order valence-corrected chi connectivity index (χ0v) is 13.2. The molecule has 0 aliphatic rings. The Morgan fingerprint density at radius 1 is 1.12 bits per heavy atom. The third-order valence-electron chi connectivity index (χ3n) is 3.12. The fourth-order valence-corrected chi connectivity index (χ4v) is 1.93. The number of amides is 2. The molecule has 1 aromatic carbocycles. The summed E-state index contributed by atoms with van der Waals surface area (Å²) in [6.07, 6.45) is 4.07. The first kappa shape index (κ1) is 17.8. The van der Waals surface area contributed by atoms with Crippen LogP contribution in [0.5, 0.6) is 0 Å². The second-order valence-electron chi connectivity index (χ2n) is 5.00. The lowest BCUT2D eigenvalue weighted by Crippen LogP contribution is -2.29. The Hall–Kier alpha value is -3.55. The Morgan fingerprint density at radius 2 is 1.92 bits per heavy atom. The standard InChI is InChI=1S/C17H16N4O4/c22-15(19-10-12-4-3-7-18-9-12)8-16(23)21-20-11-13-5-1-2-6-14(13)17(24)25/h1-7,9,11H,8,10H2,(H,19,22)(H,21,23)(H,24,25)/b20-11+. The van der Waals surface area contributed by atoms with Crippen LogP contribution in [0, 0.1) is 0 Å². The van der Waals surface area contributed by atoms with Crippen molar-refractivity contribution in [2.45, 2.75) is 13.0 Å². The lowest BCUT2D eigenvalue weighted by Gasteiger charge is -2.04. The number of rotatable bonds is 7. The van der Waals surface area contributed by atoms with E-state index in [0.29, 0.717) is 5.56 Å². The molecule has 0 spiro atoms. The number of nitrogens with one attached hydrogen (secondary N) is 2. The Bertz CT molecular complexity index is 790. The van der Waals surface area contributed by atoms with Crippen LogP contribution in [-0.2, 0) is 16.1 Å². The van der Waals surface area contributed by atoms with E-state index in [4.69, 9.17) is 5.11 Å². The average molecular weight is 340 g/mol. The minimum atomic E-state index is -1.09. The molecule has 1 aromatic heterocycles. The summed E-state index contributed by atoms with van der Waals surface area (Å²) in [7, 11) is 0. The highest BCUT2D eigenvalue weighted by Gasteiger charge is 2.09. The molecule has 0 fully saturated rings. The van der Waals surface area contributed by atoms with Gasteiger partial charge in [0.25, 0.3) is 0 Å². The molecular weight excluding hydrogens is 324 g/mol. The largest absolute Gasteiger partial charge is 0.478 e. The van der Waals surface area contributed by atoms with E-state index in [2.05, 4.69) is 20.8 Å². The highest BCUT2D eigenvalue weighted by molar-refractivity contribution is 5.99. The zero-order valence-electron chi connectivity index (χ0n) is 13.2. The number of hydrogen-bond donors (Lipinski definition) is 3. The van der Waals surface area contributed by atoms with Gasteiger partial charge in [-0.3, -0.25) is 14.6 Å². The second-order valence-corrected chi connectivity index (χ2v) is 5.00. The first-order chi connectivity index (χ1) is 12.1. The van der Waals surface area contributed by atoms with Crippen LogP contribution < -0.4 is 10.7 Å². The van der Waals surface area contributed by atoms with Crippen LogP contribution in [0.25, 0.3) is 0 Å². The van der Waals surface area contributed by atoms with Gasteiger partial charge in [-0.15, -0.1) is 0 Å². The zero-order chi connectivity index (χ0) is 18.1. The number of nitrogens with zero attached hydrogens (tertiary/aromatic N) is 2. The molecule has 0 aliphatic heterocycles. The number of benzene rings is 1. The molecule has 2 aromatic rings. The summed E-state index contributed by atoms with van der Waals surface area (Å²) >= 11 is 0. The molecule has 3 N–H and O–H groups in total. The predicted octanol–water partition coefficient (Wildman–Crippen LogP) is 0.936. The van der Waals surface area contributed by atoms with Crippen molar-refractivity contribution in [3.8, 4) is 0 Å². The summed E-state index contributed by atoms with van der Waals surface area (Å²) in [4.78, 5) is 38.3. The number of pyridine rings is 1. The normalized spacial score (nSPS) is 10.4. The highest BCUT2D eigenvalue weighted by Crippen LogP contribution is 2.05. The summed E-state index contributed by atoms with van der Waals surface area (Å²) in [5.41, 5.74) is 3.42. The van der Waals surface area contributed by atoms with Crippen molar-refractivity contribution in [2.24, 2.45) is 5.10 Å². The van der Waals surface area contributed by atoms with E-state index in [9.17, 15) is 14.4 Å². The van der Waals surface area contributed by atoms with E-state index < -0.39 is 24.2 Å². The van der Waals surface area contributed by atoms with E-state index in [1.807, 2.05) is 0 Å². The molecule has 0 radical (unpaired) electrons. The van der Waals surface area contributed by atoms with Gasteiger partial charge in [-0.25, -0.2) is 10.2 Å². The third-order valence-corrected chi connectivity index (χ3v) is 3.12. The maximum absolute atomic E-state index is 11.7. The summed E-state index contributed by atoms with van der Waals surface area (Å²) in [6.45, 7) is 0.273. The van der Waals surface area contributed by atoms with Crippen molar-refractivity contribution in [3.05, 3.63) is 65.5 Å². The molecule has 0 atom stereocenters. The fourth-order valence-electron chi connectivity index (χ4n) is 1.93. The molecule has 0 bridgehead atoms. The number of carboxylic acids is 1. The van der Waals surface area contributed by atoms with Crippen molar-refractivity contribution in [2.75, 3.05) is 0 Å². The molecule has 0 saturated carbocycles. The minimum Gasteiger partial charge on any atom is -0.478 e. The number of carbonyl (C=O) groups is 3. The third kappa shape index (κ3) is 5.87. The maximum atomic E-state index is 11.7. The summed E-state index contributed by atoms with van der Waals surface area (Å²) < 4.78 is 0. The maximum Gasteiger partial charge on any atom is 0.336 e. The van der Waals surface area contributed by atoms with Crippen LogP contribution in [0.2, 0.25) is 0 Å². The van der Waals surface area contributed by atoms with Gasteiger partial charge >= 0.3 is 5.97 Å². The lowest BCUT2D eigenvalue weighted by atomic mass is 10.1. The van der Waals surface area contributed by atoms with Crippen LogP contribution in [0.15, 0.2) is 53.9 Å². The highest BCUT2D eigenvalue weighted by atomic mass is 16.4.